The molecule has 3 rings (SSSR count). The molecule has 2 aliphatic carbocycles. The lowest BCUT2D eigenvalue weighted by Crippen LogP contribution is -2.29. The van der Waals surface area contributed by atoms with E-state index in [-0.39, 0.29) is 17.4 Å². The zero-order chi connectivity index (χ0) is 17.8. The molecule has 0 unspecified atom stereocenters. The van der Waals surface area contributed by atoms with E-state index < -0.39 is 6.61 Å². The fraction of sp³-hybridized carbons (Fsp3) is 0.632. The number of amides is 1. The standard InChI is InChI=1S/C19H25F2NO3/c1-24-17-10-12(3-5-16(17)25-19(20)21)6-7-22-18(23)11-15-9-13-2-4-14(15)8-13/h3,5,10,13-15,19H,2,4,6-9,11H2,1H3,(H,22,23)/t13-,14+,15+/m0/s1. The highest BCUT2D eigenvalue weighted by molar-refractivity contribution is 5.76. The molecule has 0 radical (unpaired) electrons. The molecule has 1 aromatic carbocycles. The molecule has 138 valence electrons. The summed E-state index contributed by atoms with van der Waals surface area (Å²) in [5, 5.41) is 2.97. The van der Waals surface area contributed by atoms with Crippen molar-refractivity contribution in [2.45, 2.75) is 45.1 Å². The average Bonchev–Trinajstić information content (AvgIpc) is 3.18. The maximum Gasteiger partial charge on any atom is 0.387 e. The predicted octanol–water partition coefficient (Wildman–Crippen LogP) is 3.78. The van der Waals surface area contributed by atoms with Gasteiger partial charge in [-0.25, -0.2) is 0 Å². The molecule has 2 aliphatic rings. The van der Waals surface area contributed by atoms with Crippen LogP contribution in [0.2, 0.25) is 0 Å². The van der Waals surface area contributed by atoms with Gasteiger partial charge in [0.15, 0.2) is 11.5 Å². The van der Waals surface area contributed by atoms with Crippen LogP contribution in [0.4, 0.5) is 8.78 Å². The van der Waals surface area contributed by atoms with Crippen molar-refractivity contribution in [3.05, 3.63) is 23.8 Å². The van der Waals surface area contributed by atoms with Gasteiger partial charge in [-0.3, -0.25) is 4.79 Å². The Kier molecular flexibility index (Phi) is 5.76. The number of rotatable bonds is 8. The van der Waals surface area contributed by atoms with E-state index in [1.807, 2.05) is 0 Å². The van der Waals surface area contributed by atoms with Crippen molar-refractivity contribution in [1.29, 1.82) is 0 Å². The number of carbonyl (C=O) groups excluding carboxylic acids is 1. The Morgan fingerprint density at radius 2 is 2.12 bits per heavy atom. The summed E-state index contributed by atoms with van der Waals surface area (Å²) in [7, 11) is 1.41. The van der Waals surface area contributed by atoms with E-state index in [9.17, 15) is 13.6 Å². The summed E-state index contributed by atoms with van der Waals surface area (Å²) in [6, 6.07) is 4.85. The van der Waals surface area contributed by atoms with E-state index in [0.717, 1.165) is 17.4 Å². The van der Waals surface area contributed by atoms with Gasteiger partial charge in [-0.15, -0.1) is 0 Å². The average molecular weight is 353 g/mol. The van der Waals surface area contributed by atoms with Crippen LogP contribution in [-0.2, 0) is 11.2 Å². The first-order valence-electron chi connectivity index (χ1n) is 8.93. The Labute approximate surface area is 146 Å². The lowest BCUT2D eigenvalue weighted by molar-refractivity contribution is -0.122. The molecule has 0 heterocycles. The van der Waals surface area contributed by atoms with Crippen LogP contribution in [0.1, 0.15) is 37.7 Å². The Morgan fingerprint density at radius 1 is 1.28 bits per heavy atom. The molecular formula is C19H25F2NO3. The third-order valence-corrected chi connectivity index (χ3v) is 5.51. The monoisotopic (exact) mass is 353 g/mol. The van der Waals surface area contributed by atoms with Gasteiger partial charge in [-0.05, 0) is 61.1 Å². The molecule has 6 heteroatoms. The predicted molar refractivity (Wildman–Crippen MR) is 89.9 cm³/mol. The molecule has 1 amide bonds. The highest BCUT2D eigenvalue weighted by atomic mass is 19.3. The van der Waals surface area contributed by atoms with Gasteiger partial charge in [0.05, 0.1) is 7.11 Å². The molecule has 0 saturated heterocycles. The van der Waals surface area contributed by atoms with Crippen molar-refractivity contribution in [3.63, 3.8) is 0 Å². The second-order valence-electron chi connectivity index (χ2n) is 7.10. The van der Waals surface area contributed by atoms with Gasteiger partial charge in [0, 0.05) is 13.0 Å². The van der Waals surface area contributed by atoms with E-state index >= 15 is 0 Å². The number of ether oxygens (including phenoxy) is 2. The highest BCUT2D eigenvalue weighted by Gasteiger charge is 2.39. The maximum absolute atomic E-state index is 12.3. The quantitative estimate of drug-likeness (QED) is 0.774. The SMILES string of the molecule is COc1cc(CCNC(=O)C[C@H]2C[C@H]3CC[C@@H]2C3)ccc1OC(F)F. The van der Waals surface area contributed by atoms with Crippen LogP contribution >= 0.6 is 0 Å². The number of fused-ring (bicyclic) bond motifs is 2. The van der Waals surface area contributed by atoms with Gasteiger partial charge in [-0.1, -0.05) is 12.5 Å². The van der Waals surface area contributed by atoms with Crippen LogP contribution in [0, 0.1) is 17.8 Å². The van der Waals surface area contributed by atoms with Crippen LogP contribution in [-0.4, -0.2) is 26.2 Å². The first kappa shape index (κ1) is 18.0. The lowest BCUT2D eigenvalue weighted by Gasteiger charge is -2.20. The minimum absolute atomic E-state index is 0.0153. The number of carbonyl (C=O) groups is 1. The zero-order valence-corrected chi connectivity index (χ0v) is 14.5. The van der Waals surface area contributed by atoms with Crippen molar-refractivity contribution in [1.82, 2.24) is 5.32 Å². The molecule has 3 atom stereocenters. The smallest absolute Gasteiger partial charge is 0.387 e. The van der Waals surface area contributed by atoms with Crippen molar-refractivity contribution < 1.29 is 23.0 Å². The van der Waals surface area contributed by atoms with Gasteiger partial charge < -0.3 is 14.8 Å². The van der Waals surface area contributed by atoms with Crippen molar-refractivity contribution in [2.24, 2.45) is 17.8 Å². The molecule has 2 saturated carbocycles. The van der Waals surface area contributed by atoms with Crippen molar-refractivity contribution >= 4 is 5.91 Å². The molecule has 4 nitrogen and oxygen atoms in total. The third-order valence-electron chi connectivity index (χ3n) is 5.51. The Hall–Kier alpha value is -1.85. The Morgan fingerprint density at radius 3 is 2.76 bits per heavy atom. The fourth-order valence-corrected chi connectivity index (χ4v) is 4.34. The molecular weight excluding hydrogens is 328 g/mol. The summed E-state index contributed by atoms with van der Waals surface area (Å²) in [6.45, 7) is -2.36. The van der Waals surface area contributed by atoms with Gasteiger partial charge in [-0.2, -0.15) is 8.78 Å². The number of hydrogen-bond donors (Lipinski definition) is 1. The van der Waals surface area contributed by atoms with Crippen molar-refractivity contribution in [3.8, 4) is 11.5 Å². The first-order chi connectivity index (χ1) is 12.0. The van der Waals surface area contributed by atoms with Gasteiger partial charge in [0.2, 0.25) is 5.91 Å². The first-order valence-corrected chi connectivity index (χ1v) is 8.93. The molecule has 2 fully saturated rings. The number of methoxy groups -OCH3 is 1. The van der Waals surface area contributed by atoms with Gasteiger partial charge >= 0.3 is 6.61 Å². The fourth-order valence-electron chi connectivity index (χ4n) is 4.34. The number of halogens is 2. The number of nitrogens with one attached hydrogen (secondary N) is 1. The van der Waals surface area contributed by atoms with Crippen LogP contribution < -0.4 is 14.8 Å². The largest absolute Gasteiger partial charge is 0.493 e. The van der Waals surface area contributed by atoms with Gasteiger partial charge in [0.25, 0.3) is 0 Å². The van der Waals surface area contributed by atoms with Gasteiger partial charge in [0.1, 0.15) is 0 Å². The molecule has 1 aromatic rings. The molecule has 0 spiro atoms. The summed E-state index contributed by atoms with van der Waals surface area (Å²) in [5.41, 5.74) is 0.902. The van der Waals surface area contributed by atoms with Crippen LogP contribution in [0.5, 0.6) is 11.5 Å². The van der Waals surface area contributed by atoms with Crippen LogP contribution in [0.3, 0.4) is 0 Å². The maximum atomic E-state index is 12.3. The third kappa shape index (κ3) is 4.61. The topological polar surface area (TPSA) is 47.6 Å². The lowest BCUT2D eigenvalue weighted by atomic mass is 9.86. The Balaban J connectivity index is 1.44. The molecule has 2 bridgehead atoms. The second-order valence-corrected chi connectivity index (χ2v) is 7.10. The van der Waals surface area contributed by atoms with E-state index in [4.69, 9.17) is 4.74 Å². The van der Waals surface area contributed by atoms with Crippen LogP contribution in [0.15, 0.2) is 18.2 Å². The number of hydrogen-bond acceptors (Lipinski definition) is 3. The summed E-state index contributed by atoms with van der Waals surface area (Å²) < 4.78 is 34.1. The van der Waals surface area contributed by atoms with Crippen molar-refractivity contribution in [2.75, 3.05) is 13.7 Å². The van der Waals surface area contributed by atoms with E-state index in [1.165, 1.54) is 38.9 Å². The summed E-state index contributed by atoms with van der Waals surface area (Å²) in [4.78, 5) is 12.1. The zero-order valence-electron chi connectivity index (χ0n) is 14.5. The minimum atomic E-state index is -2.88. The summed E-state index contributed by atoms with van der Waals surface area (Å²) >= 11 is 0. The second kappa shape index (κ2) is 8.02. The van der Waals surface area contributed by atoms with Crippen LogP contribution in [0.25, 0.3) is 0 Å². The minimum Gasteiger partial charge on any atom is -0.493 e. The molecule has 0 aromatic heterocycles. The molecule has 25 heavy (non-hydrogen) atoms. The highest BCUT2D eigenvalue weighted by Crippen LogP contribution is 2.49. The van der Waals surface area contributed by atoms with E-state index in [2.05, 4.69) is 10.1 Å². The number of benzene rings is 1. The normalized spacial score (nSPS) is 24.6. The molecule has 0 aliphatic heterocycles. The summed E-state index contributed by atoms with van der Waals surface area (Å²) in [6.07, 6.45) is 6.40. The van der Waals surface area contributed by atoms with E-state index in [1.54, 1.807) is 12.1 Å². The Bertz CT molecular complexity index is 608. The van der Waals surface area contributed by atoms with E-state index in [0.29, 0.717) is 25.3 Å². The summed E-state index contributed by atoms with van der Waals surface area (Å²) in [5.74, 6) is 2.56. The number of alkyl halides is 2. The molecule has 1 N–H and O–H groups in total.